The van der Waals surface area contributed by atoms with E-state index < -0.39 is 6.04 Å². The molecule has 0 fully saturated rings. The molecule has 1 aliphatic carbocycles. The topological polar surface area (TPSA) is 70.4 Å². The summed E-state index contributed by atoms with van der Waals surface area (Å²) in [6.45, 7) is 0.225. The third-order valence-corrected chi connectivity index (χ3v) is 4.24. The van der Waals surface area contributed by atoms with Gasteiger partial charge in [0.2, 0.25) is 6.41 Å². The van der Waals surface area contributed by atoms with Crippen LogP contribution in [0.1, 0.15) is 23.5 Å². The molecular weight excluding hydrogens is 304 g/mol. The molecule has 5 heteroatoms. The number of carbonyl (C=O) groups excluding carboxylic acids is 2. The van der Waals surface area contributed by atoms with Crippen LogP contribution in [0.3, 0.4) is 0 Å². The van der Waals surface area contributed by atoms with Crippen molar-refractivity contribution in [1.82, 2.24) is 5.06 Å². The SMILES string of the molecule is N#CCC(C=O)N(C=O)OCC1c2ccccc2-c2ccccc21. The predicted molar refractivity (Wildman–Crippen MR) is 87.7 cm³/mol. The molecule has 5 nitrogen and oxygen atoms in total. The lowest BCUT2D eigenvalue weighted by atomic mass is 9.98. The van der Waals surface area contributed by atoms with E-state index in [0.717, 1.165) is 27.3 Å². The lowest BCUT2D eigenvalue weighted by Gasteiger charge is -2.23. The first-order valence-corrected chi connectivity index (χ1v) is 7.67. The molecular formula is C19H16N2O3. The second-order valence-electron chi connectivity index (χ2n) is 5.55. The van der Waals surface area contributed by atoms with Crippen LogP contribution in [-0.4, -0.2) is 30.4 Å². The maximum atomic E-state index is 11.2. The fourth-order valence-corrected chi connectivity index (χ4v) is 3.10. The van der Waals surface area contributed by atoms with Crippen LogP contribution >= 0.6 is 0 Å². The van der Waals surface area contributed by atoms with Crippen molar-refractivity contribution < 1.29 is 14.4 Å². The van der Waals surface area contributed by atoms with Crippen LogP contribution in [0, 0.1) is 11.3 Å². The molecule has 0 aliphatic heterocycles. The van der Waals surface area contributed by atoms with Crippen LogP contribution in [0.4, 0.5) is 0 Å². The summed E-state index contributed by atoms with van der Waals surface area (Å²) >= 11 is 0. The van der Waals surface area contributed by atoms with Crippen molar-refractivity contribution in [3.05, 3.63) is 59.7 Å². The number of carbonyl (C=O) groups is 2. The van der Waals surface area contributed by atoms with E-state index in [4.69, 9.17) is 10.1 Å². The van der Waals surface area contributed by atoms with E-state index >= 15 is 0 Å². The van der Waals surface area contributed by atoms with Crippen molar-refractivity contribution in [3.63, 3.8) is 0 Å². The third-order valence-electron chi connectivity index (χ3n) is 4.24. The van der Waals surface area contributed by atoms with Crippen molar-refractivity contribution in [2.24, 2.45) is 0 Å². The van der Waals surface area contributed by atoms with Gasteiger partial charge in [0.05, 0.1) is 19.1 Å². The van der Waals surface area contributed by atoms with E-state index in [1.165, 1.54) is 0 Å². The summed E-state index contributed by atoms with van der Waals surface area (Å²) in [5.74, 6) is -0.0192. The van der Waals surface area contributed by atoms with E-state index in [1.54, 1.807) is 0 Å². The average molecular weight is 320 g/mol. The average Bonchev–Trinajstić information content (AvgIpc) is 2.95. The van der Waals surface area contributed by atoms with Crippen molar-refractivity contribution in [1.29, 1.82) is 5.26 Å². The molecule has 2 aromatic rings. The molecule has 3 rings (SSSR count). The van der Waals surface area contributed by atoms with Gasteiger partial charge in [-0.2, -0.15) is 5.26 Å². The molecule has 0 saturated carbocycles. The third kappa shape index (κ3) is 2.80. The van der Waals surface area contributed by atoms with Crippen molar-refractivity contribution in [2.75, 3.05) is 6.61 Å². The Hall–Kier alpha value is -2.97. The van der Waals surface area contributed by atoms with Gasteiger partial charge < -0.3 is 4.79 Å². The molecule has 1 amide bonds. The van der Waals surface area contributed by atoms with E-state index in [2.05, 4.69) is 12.1 Å². The normalized spacial score (nSPS) is 13.5. The summed E-state index contributed by atoms with van der Waals surface area (Å²) in [4.78, 5) is 27.8. The number of aldehydes is 1. The summed E-state index contributed by atoms with van der Waals surface area (Å²) in [7, 11) is 0. The van der Waals surface area contributed by atoms with Gasteiger partial charge in [-0.05, 0) is 22.3 Å². The predicted octanol–water partition coefficient (Wildman–Crippen LogP) is 2.67. The largest absolute Gasteiger partial charge is 0.301 e. The Morgan fingerprint density at radius 1 is 1.08 bits per heavy atom. The summed E-state index contributed by atoms with van der Waals surface area (Å²) in [6.07, 6.45) is 0.900. The van der Waals surface area contributed by atoms with E-state index in [-0.39, 0.29) is 18.9 Å². The first kappa shape index (κ1) is 15.9. The van der Waals surface area contributed by atoms with Crippen molar-refractivity contribution in [3.8, 4) is 17.2 Å². The van der Waals surface area contributed by atoms with Gasteiger partial charge >= 0.3 is 0 Å². The molecule has 0 radical (unpaired) electrons. The van der Waals surface area contributed by atoms with Crippen molar-refractivity contribution >= 4 is 12.7 Å². The van der Waals surface area contributed by atoms with Crippen LogP contribution < -0.4 is 0 Å². The fraction of sp³-hybridized carbons (Fsp3) is 0.211. The van der Waals surface area contributed by atoms with Crippen LogP contribution in [0.25, 0.3) is 11.1 Å². The summed E-state index contributed by atoms with van der Waals surface area (Å²) in [6, 6.07) is 17.1. The number of hydrogen-bond donors (Lipinski definition) is 0. The molecule has 1 atom stereocenters. The molecule has 0 bridgehead atoms. The van der Waals surface area contributed by atoms with Gasteiger partial charge in [-0.25, -0.2) is 5.06 Å². The number of amides is 1. The van der Waals surface area contributed by atoms with Gasteiger partial charge in [0.1, 0.15) is 12.3 Å². The lowest BCUT2D eigenvalue weighted by molar-refractivity contribution is -0.186. The molecule has 2 aromatic carbocycles. The maximum absolute atomic E-state index is 11.2. The molecule has 1 unspecified atom stereocenters. The Bertz CT molecular complexity index is 752. The minimum atomic E-state index is -0.889. The Balaban J connectivity index is 1.84. The summed E-state index contributed by atoms with van der Waals surface area (Å²) in [5.41, 5.74) is 4.58. The second kappa shape index (κ2) is 7.07. The van der Waals surface area contributed by atoms with Crippen LogP contribution in [0.5, 0.6) is 0 Å². The number of rotatable bonds is 7. The number of nitriles is 1. The Morgan fingerprint density at radius 3 is 2.17 bits per heavy atom. The maximum Gasteiger partial charge on any atom is 0.234 e. The fourth-order valence-electron chi connectivity index (χ4n) is 3.10. The molecule has 0 spiro atoms. The standard InChI is InChI=1S/C19H16N2O3/c20-10-9-14(11-22)21(13-23)24-12-19-17-7-3-1-5-15(17)16-6-2-4-8-18(16)19/h1-8,11,13-14,19H,9,12H2. The zero-order valence-corrected chi connectivity index (χ0v) is 13.0. The molecule has 24 heavy (non-hydrogen) atoms. The molecule has 0 N–H and O–H groups in total. The monoisotopic (exact) mass is 320 g/mol. The quantitative estimate of drug-likeness (QED) is 0.581. The first-order chi connectivity index (χ1) is 11.8. The van der Waals surface area contributed by atoms with Crippen LogP contribution in [-0.2, 0) is 14.4 Å². The van der Waals surface area contributed by atoms with E-state index in [1.807, 2.05) is 42.5 Å². The molecule has 0 aromatic heterocycles. The highest BCUT2D eigenvalue weighted by Gasteiger charge is 2.29. The van der Waals surface area contributed by atoms with Gasteiger partial charge in [-0.1, -0.05) is 48.5 Å². The van der Waals surface area contributed by atoms with Crippen molar-refractivity contribution in [2.45, 2.75) is 18.4 Å². The highest BCUT2D eigenvalue weighted by Crippen LogP contribution is 2.44. The van der Waals surface area contributed by atoms with Gasteiger partial charge in [-0.15, -0.1) is 0 Å². The Morgan fingerprint density at radius 2 is 1.67 bits per heavy atom. The minimum absolute atomic E-state index is 0.0192. The smallest absolute Gasteiger partial charge is 0.234 e. The first-order valence-electron chi connectivity index (χ1n) is 7.67. The zero-order valence-electron chi connectivity index (χ0n) is 13.0. The van der Waals surface area contributed by atoms with Gasteiger partial charge in [0.15, 0.2) is 0 Å². The Labute approximate surface area is 140 Å². The zero-order chi connectivity index (χ0) is 16.9. The molecule has 1 aliphatic rings. The van der Waals surface area contributed by atoms with Crippen LogP contribution in [0.2, 0.25) is 0 Å². The lowest BCUT2D eigenvalue weighted by Crippen LogP contribution is -2.36. The summed E-state index contributed by atoms with van der Waals surface area (Å²) < 4.78 is 0. The highest BCUT2D eigenvalue weighted by atomic mass is 16.7. The van der Waals surface area contributed by atoms with E-state index in [9.17, 15) is 9.59 Å². The minimum Gasteiger partial charge on any atom is -0.301 e. The number of hydrogen-bond acceptors (Lipinski definition) is 4. The number of benzene rings is 2. The number of fused-ring (bicyclic) bond motifs is 3. The van der Waals surface area contributed by atoms with Gasteiger partial charge in [0, 0.05) is 5.92 Å². The molecule has 0 saturated heterocycles. The number of nitrogens with zero attached hydrogens (tertiary/aromatic N) is 2. The van der Waals surface area contributed by atoms with Gasteiger partial charge in [0.25, 0.3) is 0 Å². The number of hydroxylamine groups is 2. The van der Waals surface area contributed by atoms with E-state index in [0.29, 0.717) is 12.7 Å². The Kier molecular flexibility index (Phi) is 4.69. The second-order valence-corrected chi connectivity index (χ2v) is 5.55. The summed E-state index contributed by atoms with van der Waals surface area (Å²) in [5, 5.41) is 9.68. The molecule has 0 heterocycles. The highest BCUT2D eigenvalue weighted by molar-refractivity contribution is 5.78. The molecule has 120 valence electrons. The van der Waals surface area contributed by atoms with Crippen LogP contribution in [0.15, 0.2) is 48.5 Å². The van der Waals surface area contributed by atoms with Gasteiger partial charge in [-0.3, -0.25) is 9.63 Å².